The Labute approximate surface area is 99.4 Å². The summed E-state index contributed by atoms with van der Waals surface area (Å²) < 4.78 is 0. The molecule has 1 rings (SSSR count). The molecule has 1 aliphatic carbocycles. The summed E-state index contributed by atoms with van der Waals surface area (Å²) in [6, 6.07) is 0.854. The fourth-order valence-corrected chi connectivity index (χ4v) is 2.50. The summed E-state index contributed by atoms with van der Waals surface area (Å²) in [5.74, 6) is 0.862. The molecule has 1 amide bonds. The molecule has 1 fully saturated rings. The average Bonchev–Trinajstić information content (AvgIpc) is 2.61. The van der Waals surface area contributed by atoms with Gasteiger partial charge in [-0.05, 0) is 32.1 Å². The molecule has 3 atom stereocenters. The molecule has 0 aromatic carbocycles. The van der Waals surface area contributed by atoms with Crippen LogP contribution < -0.4 is 10.6 Å². The average molecular weight is 226 g/mol. The highest BCUT2D eigenvalue weighted by atomic mass is 16.1. The standard InChI is InChI=1S/C13H26N2O/c1-4-6-11(3)15-13(16)9-14-12-8-5-7-10(12)2/h10-12,14H,4-9H2,1-3H3,(H,15,16). The van der Waals surface area contributed by atoms with E-state index in [1.807, 2.05) is 0 Å². The lowest BCUT2D eigenvalue weighted by molar-refractivity contribution is -0.121. The first-order valence-corrected chi connectivity index (χ1v) is 6.66. The van der Waals surface area contributed by atoms with Crippen LogP contribution >= 0.6 is 0 Å². The van der Waals surface area contributed by atoms with E-state index in [0.717, 1.165) is 18.8 Å². The molecule has 0 saturated heterocycles. The van der Waals surface area contributed by atoms with Crippen molar-refractivity contribution >= 4 is 5.91 Å². The number of amides is 1. The minimum atomic E-state index is 0.139. The van der Waals surface area contributed by atoms with Crippen molar-refractivity contribution < 1.29 is 4.79 Å². The number of hydrogen-bond donors (Lipinski definition) is 2. The molecule has 0 spiro atoms. The third kappa shape index (κ3) is 4.52. The summed E-state index contributed by atoms with van der Waals surface area (Å²) in [5.41, 5.74) is 0. The quantitative estimate of drug-likeness (QED) is 0.728. The Morgan fingerprint density at radius 1 is 1.44 bits per heavy atom. The summed E-state index contributed by atoms with van der Waals surface area (Å²) >= 11 is 0. The van der Waals surface area contributed by atoms with E-state index in [9.17, 15) is 4.79 Å². The molecule has 0 radical (unpaired) electrons. The summed E-state index contributed by atoms with van der Waals surface area (Å²) in [6.45, 7) is 6.95. The molecule has 1 aliphatic rings. The summed E-state index contributed by atoms with van der Waals surface area (Å²) in [5, 5.41) is 6.38. The van der Waals surface area contributed by atoms with Crippen molar-refractivity contribution in [3.05, 3.63) is 0 Å². The second-order valence-corrected chi connectivity index (χ2v) is 5.15. The number of hydrogen-bond acceptors (Lipinski definition) is 2. The van der Waals surface area contributed by atoms with Gasteiger partial charge in [0.05, 0.1) is 6.54 Å². The van der Waals surface area contributed by atoms with Crippen LogP contribution in [0.25, 0.3) is 0 Å². The van der Waals surface area contributed by atoms with E-state index in [1.54, 1.807) is 0 Å². The Kier molecular flexibility index (Phi) is 5.81. The molecular formula is C13H26N2O. The normalized spacial score (nSPS) is 26.7. The SMILES string of the molecule is CCCC(C)NC(=O)CNC1CCCC1C. The second kappa shape index (κ2) is 6.89. The van der Waals surface area contributed by atoms with Crippen molar-refractivity contribution in [1.82, 2.24) is 10.6 Å². The van der Waals surface area contributed by atoms with Gasteiger partial charge in [0.2, 0.25) is 5.91 Å². The Balaban J connectivity index is 2.14. The van der Waals surface area contributed by atoms with Gasteiger partial charge in [-0.3, -0.25) is 4.79 Å². The smallest absolute Gasteiger partial charge is 0.234 e. The van der Waals surface area contributed by atoms with Gasteiger partial charge in [0.15, 0.2) is 0 Å². The Bertz CT molecular complexity index is 218. The third-order valence-corrected chi connectivity index (χ3v) is 3.52. The zero-order valence-electron chi connectivity index (χ0n) is 10.9. The molecule has 2 N–H and O–H groups in total. The van der Waals surface area contributed by atoms with Gasteiger partial charge in [-0.2, -0.15) is 0 Å². The van der Waals surface area contributed by atoms with E-state index in [4.69, 9.17) is 0 Å². The van der Waals surface area contributed by atoms with E-state index < -0.39 is 0 Å². The molecule has 0 aromatic heterocycles. The van der Waals surface area contributed by atoms with Crippen LogP contribution in [-0.2, 0) is 4.79 Å². The predicted octanol–water partition coefficient (Wildman–Crippen LogP) is 2.07. The predicted molar refractivity (Wildman–Crippen MR) is 67.3 cm³/mol. The zero-order valence-corrected chi connectivity index (χ0v) is 10.9. The van der Waals surface area contributed by atoms with Crippen LogP contribution in [0, 0.1) is 5.92 Å². The molecular weight excluding hydrogens is 200 g/mol. The third-order valence-electron chi connectivity index (χ3n) is 3.52. The Hall–Kier alpha value is -0.570. The van der Waals surface area contributed by atoms with Gasteiger partial charge >= 0.3 is 0 Å². The number of carbonyl (C=O) groups excluding carboxylic acids is 1. The fraction of sp³-hybridized carbons (Fsp3) is 0.923. The zero-order chi connectivity index (χ0) is 12.0. The molecule has 16 heavy (non-hydrogen) atoms. The van der Waals surface area contributed by atoms with Crippen LogP contribution in [-0.4, -0.2) is 24.5 Å². The maximum Gasteiger partial charge on any atom is 0.234 e. The van der Waals surface area contributed by atoms with Gasteiger partial charge in [0.1, 0.15) is 0 Å². The number of carbonyl (C=O) groups is 1. The lowest BCUT2D eigenvalue weighted by Crippen LogP contribution is -2.43. The molecule has 0 heterocycles. The van der Waals surface area contributed by atoms with Crippen LogP contribution in [0.5, 0.6) is 0 Å². The summed E-state index contributed by atoms with van der Waals surface area (Å²) in [6.07, 6.45) is 6.00. The van der Waals surface area contributed by atoms with Crippen molar-refractivity contribution in [1.29, 1.82) is 0 Å². The van der Waals surface area contributed by atoms with E-state index in [2.05, 4.69) is 31.4 Å². The highest BCUT2D eigenvalue weighted by Gasteiger charge is 2.23. The molecule has 3 heteroatoms. The lowest BCUT2D eigenvalue weighted by Gasteiger charge is -2.18. The molecule has 0 aliphatic heterocycles. The fourth-order valence-electron chi connectivity index (χ4n) is 2.50. The second-order valence-electron chi connectivity index (χ2n) is 5.15. The van der Waals surface area contributed by atoms with Crippen LogP contribution in [0.4, 0.5) is 0 Å². The van der Waals surface area contributed by atoms with E-state index >= 15 is 0 Å². The number of rotatable bonds is 6. The van der Waals surface area contributed by atoms with Gasteiger partial charge in [-0.15, -0.1) is 0 Å². The molecule has 0 aromatic rings. The van der Waals surface area contributed by atoms with Crippen LogP contribution in [0.15, 0.2) is 0 Å². The van der Waals surface area contributed by atoms with E-state index in [0.29, 0.717) is 18.6 Å². The molecule has 1 saturated carbocycles. The van der Waals surface area contributed by atoms with Crippen molar-refractivity contribution in [3.8, 4) is 0 Å². The van der Waals surface area contributed by atoms with Crippen molar-refractivity contribution in [2.45, 2.75) is 65.0 Å². The largest absolute Gasteiger partial charge is 0.353 e. The number of nitrogens with one attached hydrogen (secondary N) is 2. The Morgan fingerprint density at radius 3 is 2.75 bits per heavy atom. The Morgan fingerprint density at radius 2 is 2.19 bits per heavy atom. The minimum Gasteiger partial charge on any atom is -0.353 e. The van der Waals surface area contributed by atoms with Gasteiger partial charge in [0.25, 0.3) is 0 Å². The maximum atomic E-state index is 11.6. The van der Waals surface area contributed by atoms with Gasteiger partial charge < -0.3 is 10.6 Å². The van der Waals surface area contributed by atoms with Crippen LogP contribution in [0.2, 0.25) is 0 Å². The van der Waals surface area contributed by atoms with Gasteiger partial charge in [0, 0.05) is 12.1 Å². The lowest BCUT2D eigenvalue weighted by atomic mass is 10.1. The maximum absolute atomic E-state index is 11.6. The van der Waals surface area contributed by atoms with Crippen LogP contribution in [0.3, 0.4) is 0 Å². The van der Waals surface area contributed by atoms with Crippen LogP contribution in [0.1, 0.15) is 52.9 Å². The summed E-state index contributed by atoms with van der Waals surface area (Å²) in [7, 11) is 0. The van der Waals surface area contributed by atoms with Gasteiger partial charge in [-0.1, -0.05) is 26.7 Å². The highest BCUT2D eigenvalue weighted by molar-refractivity contribution is 5.78. The first-order chi connectivity index (χ1) is 7.63. The topological polar surface area (TPSA) is 41.1 Å². The molecule has 3 nitrogen and oxygen atoms in total. The van der Waals surface area contributed by atoms with E-state index in [1.165, 1.54) is 19.3 Å². The van der Waals surface area contributed by atoms with Crippen molar-refractivity contribution in [2.24, 2.45) is 5.92 Å². The first-order valence-electron chi connectivity index (χ1n) is 6.66. The molecule has 0 bridgehead atoms. The molecule has 94 valence electrons. The van der Waals surface area contributed by atoms with E-state index in [-0.39, 0.29) is 5.91 Å². The first kappa shape index (κ1) is 13.5. The monoisotopic (exact) mass is 226 g/mol. The van der Waals surface area contributed by atoms with Crippen molar-refractivity contribution in [3.63, 3.8) is 0 Å². The summed E-state index contributed by atoms with van der Waals surface area (Å²) in [4.78, 5) is 11.6. The molecule has 3 unspecified atom stereocenters. The van der Waals surface area contributed by atoms with Crippen molar-refractivity contribution in [2.75, 3.05) is 6.54 Å². The highest BCUT2D eigenvalue weighted by Crippen LogP contribution is 2.24. The van der Waals surface area contributed by atoms with Gasteiger partial charge in [-0.25, -0.2) is 0 Å². The minimum absolute atomic E-state index is 0.139.